The van der Waals surface area contributed by atoms with E-state index in [0.29, 0.717) is 35.1 Å². The number of nitriles is 1. The second-order valence-electron chi connectivity index (χ2n) is 8.68. The third kappa shape index (κ3) is 4.89. The van der Waals surface area contributed by atoms with Crippen LogP contribution in [0.1, 0.15) is 43.0 Å². The minimum Gasteiger partial charge on any atom is -0.490 e. The summed E-state index contributed by atoms with van der Waals surface area (Å²) in [6.45, 7) is 4.18. The summed E-state index contributed by atoms with van der Waals surface area (Å²) in [4.78, 5) is 18.7. The number of carbonyl (C=O) groups excluding carboxylic acids is 1. The number of amides is 1. The van der Waals surface area contributed by atoms with Gasteiger partial charge in [0.15, 0.2) is 0 Å². The normalized spacial score (nSPS) is 14.9. The van der Waals surface area contributed by atoms with E-state index in [1.807, 2.05) is 57.1 Å². The van der Waals surface area contributed by atoms with Crippen molar-refractivity contribution in [1.29, 1.82) is 5.26 Å². The summed E-state index contributed by atoms with van der Waals surface area (Å²) in [5.41, 5.74) is 4.18. The van der Waals surface area contributed by atoms with Crippen molar-refractivity contribution in [2.45, 2.75) is 38.8 Å². The molecule has 0 saturated heterocycles. The molecule has 1 N–H and O–H groups in total. The zero-order valence-electron chi connectivity index (χ0n) is 19.3. The van der Waals surface area contributed by atoms with Gasteiger partial charge in [-0.25, -0.2) is 0 Å². The van der Waals surface area contributed by atoms with Crippen LogP contribution < -0.4 is 10.1 Å². The zero-order chi connectivity index (χ0) is 23.5. The average molecular weight is 446 g/mol. The van der Waals surface area contributed by atoms with Gasteiger partial charge in [0.1, 0.15) is 11.8 Å². The van der Waals surface area contributed by atoms with Crippen LogP contribution in [0.15, 0.2) is 40.9 Å². The van der Waals surface area contributed by atoms with Crippen molar-refractivity contribution in [2.24, 2.45) is 0 Å². The van der Waals surface area contributed by atoms with Gasteiger partial charge in [0.2, 0.25) is 11.7 Å². The largest absolute Gasteiger partial charge is 0.490 e. The second-order valence-corrected chi connectivity index (χ2v) is 8.68. The van der Waals surface area contributed by atoms with E-state index in [2.05, 4.69) is 21.5 Å². The monoisotopic (exact) mass is 445 g/mol. The first kappa shape index (κ1) is 22.5. The molecule has 0 saturated carbocycles. The maximum absolute atomic E-state index is 12.2. The summed E-state index contributed by atoms with van der Waals surface area (Å²) < 4.78 is 11.2. The standard InChI is InChI=1S/C25H27N5O3/c1-15(2)32-22-11-8-16(12-17(22)13-26)25-28-24(29-33-25)20-7-5-6-19-18(20)9-10-21(19)27-23(31)14-30(3)4/h5-8,11-12,15,21H,9-10,14H2,1-4H3,(H,27,31)/t21-/m1/s1. The Hall–Kier alpha value is -3.70. The van der Waals surface area contributed by atoms with E-state index in [-0.39, 0.29) is 18.1 Å². The van der Waals surface area contributed by atoms with Gasteiger partial charge in [-0.2, -0.15) is 10.2 Å². The fraction of sp³-hybridized carbons (Fsp3) is 0.360. The molecule has 0 spiro atoms. The lowest BCUT2D eigenvalue weighted by molar-refractivity contribution is -0.122. The SMILES string of the molecule is CC(C)Oc1ccc(-c2nc(-c3cccc4c3CC[C@H]4NC(=O)CN(C)C)no2)cc1C#N. The number of hydrogen-bond acceptors (Lipinski definition) is 7. The number of aromatic nitrogens is 2. The van der Waals surface area contributed by atoms with Crippen molar-refractivity contribution in [1.82, 2.24) is 20.4 Å². The highest BCUT2D eigenvalue weighted by Gasteiger charge is 2.27. The fourth-order valence-electron chi connectivity index (χ4n) is 4.10. The minimum atomic E-state index is -0.0328. The molecule has 3 aromatic rings. The molecule has 4 rings (SSSR count). The quantitative estimate of drug-likeness (QED) is 0.591. The van der Waals surface area contributed by atoms with Crippen molar-refractivity contribution in [3.8, 4) is 34.7 Å². The third-order valence-electron chi connectivity index (χ3n) is 5.44. The number of likely N-dealkylation sites (N-methyl/N-ethyl adjacent to an activating group) is 1. The van der Waals surface area contributed by atoms with E-state index in [1.165, 1.54) is 0 Å². The van der Waals surface area contributed by atoms with Crippen molar-refractivity contribution in [3.05, 3.63) is 53.1 Å². The van der Waals surface area contributed by atoms with Crippen molar-refractivity contribution < 1.29 is 14.1 Å². The van der Waals surface area contributed by atoms with Crippen molar-refractivity contribution >= 4 is 5.91 Å². The van der Waals surface area contributed by atoms with Gasteiger partial charge in [-0.3, -0.25) is 4.79 Å². The van der Waals surface area contributed by atoms with Crippen LogP contribution in [-0.2, 0) is 11.2 Å². The average Bonchev–Trinajstić information content (AvgIpc) is 3.41. The number of rotatable bonds is 7. The number of nitrogens with one attached hydrogen (secondary N) is 1. The molecule has 8 nitrogen and oxygen atoms in total. The van der Waals surface area contributed by atoms with Gasteiger partial charge >= 0.3 is 0 Å². The molecule has 0 fully saturated rings. The van der Waals surface area contributed by atoms with Crippen molar-refractivity contribution in [3.63, 3.8) is 0 Å². The van der Waals surface area contributed by atoms with Gasteiger partial charge in [-0.05, 0) is 70.1 Å². The number of nitrogens with zero attached hydrogens (tertiary/aromatic N) is 4. The fourth-order valence-corrected chi connectivity index (χ4v) is 4.10. The molecule has 1 heterocycles. The molecule has 1 amide bonds. The summed E-state index contributed by atoms with van der Waals surface area (Å²) >= 11 is 0. The molecule has 1 atom stereocenters. The first-order chi connectivity index (χ1) is 15.9. The van der Waals surface area contributed by atoms with Gasteiger partial charge in [0.05, 0.1) is 24.3 Å². The molecule has 2 aromatic carbocycles. The zero-order valence-corrected chi connectivity index (χ0v) is 19.3. The van der Waals surface area contributed by atoms with Gasteiger partial charge < -0.3 is 19.5 Å². The van der Waals surface area contributed by atoms with Crippen LogP contribution >= 0.6 is 0 Å². The Kier molecular flexibility index (Phi) is 6.43. The molecule has 1 aliphatic rings. The predicted octanol–water partition coefficient (Wildman–Crippen LogP) is 3.73. The van der Waals surface area contributed by atoms with E-state index < -0.39 is 0 Å². The lowest BCUT2D eigenvalue weighted by Gasteiger charge is -2.16. The molecule has 170 valence electrons. The van der Waals surface area contributed by atoms with E-state index in [0.717, 1.165) is 29.5 Å². The molecule has 0 unspecified atom stereocenters. The highest BCUT2D eigenvalue weighted by atomic mass is 16.5. The molecule has 0 radical (unpaired) electrons. The topological polar surface area (TPSA) is 104 Å². The lowest BCUT2D eigenvalue weighted by Crippen LogP contribution is -2.35. The van der Waals surface area contributed by atoms with Gasteiger partial charge in [-0.15, -0.1) is 0 Å². The smallest absolute Gasteiger partial charge is 0.258 e. The van der Waals surface area contributed by atoms with Gasteiger partial charge in [0.25, 0.3) is 5.89 Å². The maximum atomic E-state index is 12.2. The number of ether oxygens (including phenoxy) is 1. The Labute approximate surface area is 193 Å². The highest BCUT2D eigenvalue weighted by molar-refractivity contribution is 5.79. The van der Waals surface area contributed by atoms with E-state index in [1.54, 1.807) is 12.1 Å². The first-order valence-corrected chi connectivity index (χ1v) is 11.0. The van der Waals surface area contributed by atoms with Crippen LogP contribution in [0, 0.1) is 11.3 Å². The Bertz CT molecular complexity index is 1210. The van der Waals surface area contributed by atoms with Crippen LogP contribution in [0.4, 0.5) is 0 Å². The predicted molar refractivity (Wildman–Crippen MR) is 123 cm³/mol. The van der Waals surface area contributed by atoms with E-state index in [4.69, 9.17) is 9.26 Å². The lowest BCUT2D eigenvalue weighted by atomic mass is 10.0. The number of carbonyl (C=O) groups is 1. The molecule has 0 bridgehead atoms. The first-order valence-electron chi connectivity index (χ1n) is 11.0. The summed E-state index contributed by atoms with van der Waals surface area (Å²) in [5, 5.41) is 16.8. The summed E-state index contributed by atoms with van der Waals surface area (Å²) in [6, 6.07) is 13.4. The van der Waals surface area contributed by atoms with Crippen LogP contribution in [0.2, 0.25) is 0 Å². The molecule has 1 aliphatic carbocycles. The number of benzene rings is 2. The number of fused-ring (bicyclic) bond motifs is 1. The molecule has 0 aliphatic heterocycles. The van der Waals surface area contributed by atoms with Crippen LogP contribution in [-0.4, -0.2) is 47.7 Å². The maximum Gasteiger partial charge on any atom is 0.258 e. The molecular weight excluding hydrogens is 418 g/mol. The van der Waals surface area contributed by atoms with Crippen LogP contribution in [0.5, 0.6) is 5.75 Å². The molecule has 33 heavy (non-hydrogen) atoms. The summed E-state index contributed by atoms with van der Waals surface area (Å²) in [7, 11) is 3.75. The van der Waals surface area contributed by atoms with E-state index in [9.17, 15) is 10.1 Å². The Morgan fingerprint density at radius 3 is 2.88 bits per heavy atom. The Balaban J connectivity index is 1.59. The van der Waals surface area contributed by atoms with Crippen LogP contribution in [0.3, 0.4) is 0 Å². The molecular formula is C25H27N5O3. The minimum absolute atomic E-state index is 0.00305. The summed E-state index contributed by atoms with van der Waals surface area (Å²) in [6.07, 6.45) is 1.62. The van der Waals surface area contributed by atoms with Crippen molar-refractivity contribution in [2.75, 3.05) is 20.6 Å². The van der Waals surface area contributed by atoms with Gasteiger partial charge in [0, 0.05) is 11.1 Å². The Morgan fingerprint density at radius 2 is 2.15 bits per heavy atom. The molecule has 1 aromatic heterocycles. The van der Waals surface area contributed by atoms with Gasteiger partial charge in [-0.1, -0.05) is 23.4 Å². The van der Waals surface area contributed by atoms with E-state index >= 15 is 0 Å². The highest BCUT2D eigenvalue weighted by Crippen LogP contribution is 2.37. The molecule has 8 heteroatoms. The van der Waals surface area contributed by atoms with Crippen LogP contribution in [0.25, 0.3) is 22.8 Å². The third-order valence-corrected chi connectivity index (χ3v) is 5.44. The number of hydrogen-bond donors (Lipinski definition) is 1. The Morgan fingerprint density at radius 1 is 1.33 bits per heavy atom. The second kappa shape index (κ2) is 9.43. The summed E-state index contributed by atoms with van der Waals surface area (Å²) in [5.74, 6) is 1.36.